The van der Waals surface area contributed by atoms with E-state index in [0.717, 1.165) is 18.1 Å². The van der Waals surface area contributed by atoms with E-state index < -0.39 is 0 Å². The van der Waals surface area contributed by atoms with Crippen LogP contribution in [0.2, 0.25) is 0 Å². The van der Waals surface area contributed by atoms with Crippen molar-refractivity contribution in [2.24, 2.45) is 0 Å². The van der Waals surface area contributed by atoms with E-state index in [2.05, 4.69) is 17.3 Å². The van der Waals surface area contributed by atoms with Crippen LogP contribution in [0.25, 0.3) is 0 Å². The normalized spacial score (nSPS) is 17.5. The van der Waals surface area contributed by atoms with Crippen molar-refractivity contribution >= 4 is 11.5 Å². The van der Waals surface area contributed by atoms with Crippen LogP contribution in [-0.4, -0.2) is 15.8 Å². The highest BCUT2D eigenvalue weighted by Crippen LogP contribution is 2.24. The molecule has 2 rings (SSSR count). The first-order valence-corrected chi connectivity index (χ1v) is 5.39. The number of nitrogens with zero attached hydrogens (tertiary/aromatic N) is 2. The van der Waals surface area contributed by atoms with E-state index in [1.54, 1.807) is 0 Å². The van der Waals surface area contributed by atoms with Crippen LogP contribution in [0.15, 0.2) is 6.20 Å². The summed E-state index contributed by atoms with van der Waals surface area (Å²) in [6.07, 6.45) is 7.03. The second-order valence-corrected chi connectivity index (χ2v) is 3.91. The minimum atomic E-state index is 0.581. The van der Waals surface area contributed by atoms with Crippen molar-refractivity contribution in [2.75, 3.05) is 11.1 Å². The number of aromatic nitrogens is 2. The summed E-state index contributed by atoms with van der Waals surface area (Å²) < 4.78 is 1.87. The van der Waals surface area contributed by atoms with Gasteiger partial charge in [0.25, 0.3) is 0 Å². The summed E-state index contributed by atoms with van der Waals surface area (Å²) in [4.78, 5) is 0. The van der Waals surface area contributed by atoms with Crippen LogP contribution < -0.4 is 11.1 Å². The van der Waals surface area contributed by atoms with Crippen molar-refractivity contribution < 1.29 is 0 Å². The molecule has 0 atom stereocenters. The van der Waals surface area contributed by atoms with Gasteiger partial charge < -0.3 is 11.1 Å². The lowest BCUT2D eigenvalue weighted by Gasteiger charge is -2.10. The van der Waals surface area contributed by atoms with Crippen molar-refractivity contribution in [3.05, 3.63) is 6.20 Å². The van der Waals surface area contributed by atoms with Gasteiger partial charge in [-0.2, -0.15) is 5.10 Å². The molecule has 0 spiro atoms. The first-order chi connectivity index (χ1) is 6.79. The van der Waals surface area contributed by atoms with Crippen molar-refractivity contribution in [2.45, 2.75) is 45.2 Å². The monoisotopic (exact) mass is 194 g/mol. The molecule has 0 saturated heterocycles. The molecule has 0 unspecified atom stereocenters. The third-order valence-corrected chi connectivity index (χ3v) is 2.81. The Labute approximate surface area is 84.5 Å². The van der Waals surface area contributed by atoms with Gasteiger partial charge in [-0.3, -0.25) is 4.68 Å². The van der Waals surface area contributed by atoms with Crippen LogP contribution in [0.4, 0.5) is 11.5 Å². The third kappa shape index (κ3) is 1.84. The molecule has 0 radical (unpaired) electrons. The summed E-state index contributed by atoms with van der Waals surface area (Å²) in [6, 6.07) is 0.581. The molecule has 14 heavy (non-hydrogen) atoms. The van der Waals surface area contributed by atoms with Gasteiger partial charge in [0.1, 0.15) is 0 Å². The standard InChI is InChI=1S/C10H18N4/c1-2-14-7-9(11)10(13-14)12-8-5-3-4-6-8/h7-8H,2-6,11H2,1H3,(H,12,13). The van der Waals surface area contributed by atoms with Gasteiger partial charge >= 0.3 is 0 Å². The van der Waals surface area contributed by atoms with E-state index in [1.807, 2.05) is 10.9 Å². The maximum atomic E-state index is 5.85. The highest BCUT2D eigenvalue weighted by atomic mass is 15.3. The molecule has 1 fully saturated rings. The van der Waals surface area contributed by atoms with Crippen molar-refractivity contribution in [1.82, 2.24) is 9.78 Å². The molecule has 0 aromatic carbocycles. The topological polar surface area (TPSA) is 55.9 Å². The van der Waals surface area contributed by atoms with E-state index in [9.17, 15) is 0 Å². The highest BCUT2D eigenvalue weighted by Gasteiger charge is 2.16. The predicted molar refractivity (Wildman–Crippen MR) is 58.2 cm³/mol. The van der Waals surface area contributed by atoms with E-state index in [0.29, 0.717) is 6.04 Å². The van der Waals surface area contributed by atoms with Gasteiger partial charge in [0.15, 0.2) is 5.82 Å². The lowest BCUT2D eigenvalue weighted by molar-refractivity contribution is 0.655. The van der Waals surface area contributed by atoms with Crippen LogP contribution in [-0.2, 0) is 6.54 Å². The van der Waals surface area contributed by atoms with Gasteiger partial charge in [-0.05, 0) is 19.8 Å². The first kappa shape index (κ1) is 9.37. The molecule has 1 aromatic heterocycles. The van der Waals surface area contributed by atoms with Crippen LogP contribution in [0, 0.1) is 0 Å². The molecule has 0 amide bonds. The Bertz CT molecular complexity index is 299. The third-order valence-electron chi connectivity index (χ3n) is 2.81. The van der Waals surface area contributed by atoms with Crippen LogP contribution in [0.3, 0.4) is 0 Å². The number of aryl methyl sites for hydroxylation is 1. The van der Waals surface area contributed by atoms with Gasteiger partial charge in [-0.25, -0.2) is 0 Å². The van der Waals surface area contributed by atoms with E-state index in [1.165, 1.54) is 25.7 Å². The zero-order chi connectivity index (χ0) is 9.97. The molecular formula is C10H18N4. The number of hydrogen-bond acceptors (Lipinski definition) is 3. The van der Waals surface area contributed by atoms with Gasteiger partial charge in [-0.1, -0.05) is 12.8 Å². The molecule has 1 saturated carbocycles. The van der Waals surface area contributed by atoms with Gasteiger partial charge in [0.2, 0.25) is 0 Å². The summed E-state index contributed by atoms with van der Waals surface area (Å²) in [7, 11) is 0. The Morgan fingerprint density at radius 1 is 1.57 bits per heavy atom. The van der Waals surface area contributed by atoms with Crippen molar-refractivity contribution in [3.8, 4) is 0 Å². The SMILES string of the molecule is CCn1cc(N)c(NC2CCCC2)n1. The lowest BCUT2D eigenvalue weighted by Crippen LogP contribution is -2.15. The lowest BCUT2D eigenvalue weighted by atomic mass is 10.2. The summed E-state index contributed by atoms with van der Waals surface area (Å²) >= 11 is 0. The van der Waals surface area contributed by atoms with Crippen molar-refractivity contribution in [3.63, 3.8) is 0 Å². The molecule has 1 aromatic rings. The smallest absolute Gasteiger partial charge is 0.171 e. The van der Waals surface area contributed by atoms with Crippen LogP contribution in [0.5, 0.6) is 0 Å². The minimum Gasteiger partial charge on any atom is -0.394 e. The van der Waals surface area contributed by atoms with Gasteiger partial charge in [0, 0.05) is 12.6 Å². The number of nitrogens with one attached hydrogen (secondary N) is 1. The Hall–Kier alpha value is -1.19. The summed E-state index contributed by atoms with van der Waals surface area (Å²) in [6.45, 7) is 2.93. The summed E-state index contributed by atoms with van der Waals surface area (Å²) in [5.74, 6) is 0.860. The Balaban J connectivity index is 2.03. The molecule has 4 heteroatoms. The molecule has 1 aliphatic rings. The maximum Gasteiger partial charge on any atom is 0.171 e. The Kier molecular flexibility index (Phi) is 2.61. The fourth-order valence-corrected chi connectivity index (χ4v) is 1.97. The van der Waals surface area contributed by atoms with Crippen LogP contribution >= 0.6 is 0 Å². The second kappa shape index (κ2) is 3.90. The largest absolute Gasteiger partial charge is 0.394 e. The Morgan fingerprint density at radius 2 is 2.29 bits per heavy atom. The highest BCUT2D eigenvalue weighted by molar-refractivity contribution is 5.60. The van der Waals surface area contributed by atoms with Crippen LogP contribution in [0.1, 0.15) is 32.6 Å². The number of nitrogens with two attached hydrogens (primary N) is 1. The number of rotatable bonds is 3. The molecule has 1 heterocycles. The average molecular weight is 194 g/mol. The van der Waals surface area contributed by atoms with E-state index in [-0.39, 0.29) is 0 Å². The summed E-state index contributed by atoms with van der Waals surface area (Å²) in [5.41, 5.74) is 6.61. The van der Waals surface area contributed by atoms with E-state index in [4.69, 9.17) is 5.73 Å². The Morgan fingerprint density at radius 3 is 2.86 bits per heavy atom. The molecular weight excluding hydrogens is 176 g/mol. The predicted octanol–water partition coefficient (Wildman–Crippen LogP) is 1.84. The average Bonchev–Trinajstić information content (AvgIpc) is 2.78. The molecule has 0 bridgehead atoms. The fourth-order valence-electron chi connectivity index (χ4n) is 1.97. The maximum absolute atomic E-state index is 5.85. The number of anilines is 2. The molecule has 1 aliphatic carbocycles. The quantitative estimate of drug-likeness (QED) is 0.772. The second-order valence-electron chi connectivity index (χ2n) is 3.91. The van der Waals surface area contributed by atoms with E-state index >= 15 is 0 Å². The van der Waals surface area contributed by atoms with Gasteiger partial charge in [-0.15, -0.1) is 0 Å². The summed E-state index contributed by atoms with van der Waals surface area (Å²) in [5, 5.41) is 7.78. The molecule has 3 N–H and O–H groups in total. The number of nitrogen functional groups attached to an aromatic ring is 1. The molecule has 78 valence electrons. The fraction of sp³-hybridized carbons (Fsp3) is 0.700. The molecule has 0 aliphatic heterocycles. The van der Waals surface area contributed by atoms with Gasteiger partial charge in [0.05, 0.1) is 11.9 Å². The zero-order valence-corrected chi connectivity index (χ0v) is 8.66. The number of hydrogen-bond donors (Lipinski definition) is 2. The minimum absolute atomic E-state index is 0.581. The zero-order valence-electron chi connectivity index (χ0n) is 8.66. The first-order valence-electron chi connectivity index (χ1n) is 5.39. The molecule has 4 nitrogen and oxygen atoms in total. The van der Waals surface area contributed by atoms with Crippen molar-refractivity contribution in [1.29, 1.82) is 0 Å².